The monoisotopic (exact) mass is 262 g/mol. The van der Waals surface area contributed by atoms with Gasteiger partial charge in [-0.2, -0.15) is 0 Å². The zero-order chi connectivity index (χ0) is 13.7. The second kappa shape index (κ2) is 6.33. The van der Waals surface area contributed by atoms with E-state index in [0.29, 0.717) is 18.3 Å². The highest BCUT2D eigenvalue weighted by atomic mass is 16.4. The van der Waals surface area contributed by atoms with Gasteiger partial charge in [0.15, 0.2) is 0 Å². The van der Waals surface area contributed by atoms with E-state index >= 15 is 0 Å². The number of benzene rings is 1. The molecule has 2 rings (SSSR count). The average molecular weight is 262 g/mol. The van der Waals surface area contributed by atoms with Crippen LogP contribution >= 0.6 is 0 Å². The summed E-state index contributed by atoms with van der Waals surface area (Å²) >= 11 is 0. The van der Waals surface area contributed by atoms with Crippen LogP contribution in [0.5, 0.6) is 0 Å². The molecule has 0 radical (unpaired) electrons. The van der Waals surface area contributed by atoms with Gasteiger partial charge in [0.05, 0.1) is 12.1 Å². The van der Waals surface area contributed by atoms with Crippen LogP contribution in [0.2, 0.25) is 0 Å². The number of carboxylic acid groups (broad SMARTS) is 1. The predicted molar refractivity (Wildman–Crippen MR) is 72.3 cm³/mol. The molecule has 1 aliphatic rings. The molecule has 1 amide bonds. The van der Waals surface area contributed by atoms with E-state index in [4.69, 9.17) is 5.11 Å². The Kier molecular flexibility index (Phi) is 4.52. The first-order valence-corrected chi connectivity index (χ1v) is 6.52. The first-order chi connectivity index (χ1) is 9.15. The van der Waals surface area contributed by atoms with Gasteiger partial charge >= 0.3 is 5.97 Å². The number of nitrogens with one attached hydrogen (secondary N) is 2. The second-order valence-electron chi connectivity index (χ2n) is 4.79. The molecule has 0 unspecified atom stereocenters. The molecule has 5 nitrogen and oxygen atoms in total. The molecule has 0 aliphatic heterocycles. The summed E-state index contributed by atoms with van der Waals surface area (Å²) in [6, 6.07) is 6.60. The van der Waals surface area contributed by atoms with Gasteiger partial charge < -0.3 is 15.7 Å². The van der Waals surface area contributed by atoms with Crippen molar-refractivity contribution in [2.45, 2.75) is 31.7 Å². The Balaban J connectivity index is 1.79. The fraction of sp³-hybridized carbons (Fsp3) is 0.429. The van der Waals surface area contributed by atoms with E-state index < -0.39 is 5.97 Å². The van der Waals surface area contributed by atoms with E-state index in [9.17, 15) is 9.59 Å². The van der Waals surface area contributed by atoms with Crippen LogP contribution in [0.15, 0.2) is 24.3 Å². The fourth-order valence-corrected chi connectivity index (χ4v) is 2.27. The fourth-order valence-electron chi connectivity index (χ4n) is 2.27. The second-order valence-corrected chi connectivity index (χ2v) is 4.79. The molecule has 1 saturated carbocycles. The lowest BCUT2D eigenvalue weighted by Crippen LogP contribution is -2.34. The minimum absolute atomic E-state index is 0.102. The third kappa shape index (κ3) is 4.06. The third-order valence-electron chi connectivity index (χ3n) is 3.32. The lowest BCUT2D eigenvalue weighted by Gasteiger charge is -2.11. The number of carboxylic acids is 1. The quantitative estimate of drug-likeness (QED) is 0.756. The molecule has 0 atom stereocenters. The van der Waals surface area contributed by atoms with Gasteiger partial charge in [-0.25, -0.2) is 4.79 Å². The highest BCUT2D eigenvalue weighted by Crippen LogP contribution is 2.17. The van der Waals surface area contributed by atoms with Gasteiger partial charge in [0, 0.05) is 11.7 Å². The molecule has 0 aromatic heterocycles. The molecule has 0 saturated heterocycles. The number of anilines is 1. The minimum Gasteiger partial charge on any atom is -0.478 e. The van der Waals surface area contributed by atoms with Crippen molar-refractivity contribution in [3.05, 3.63) is 29.8 Å². The number of amides is 1. The molecule has 1 aliphatic carbocycles. The van der Waals surface area contributed by atoms with Gasteiger partial charge in [-0.1, -0.05) is 12.8 Å². The van der Waals surface area contributed by atoms with Crippen LogP contribution in [0.25, 0.3) is 0 Å². The van der Waals surface area contributed by atoms with E-state index in [2.05, 4.69) is 10.6 Å². The van der Waals surface area contributed by atoms with E-state index in [1.807, 2.05) is 0 Å². The molecule has 102 valence electrons. The van der Waals surface area contributed by atoms with Crippen molar-refractivity contribution >= 4 is 17.6 Å². The Morgan fingerprint density at radius 1 is 1.16 bits per heavy atom. The molecule has 1 fully saturated rings. The van der Waals surface area contributed by atoms with Crippen LogP contribution in [-0.4, -0.2) is 29.6 Å². The van der Waals surface area contributed by atoms with Crippen molar-refractivity contribution < 1.29 is 14.7 Å². The summed E-state index contributed by atoms with van der Waals surface area (Å²) in [4.78, 5) is 22.4. The first kappa shape index (κ1) is 13.5. The Hall–Kier alpha value is -1.88. The highest BCUT2D eigenvalue weighted by molar-refractivity contribution is 5.93. The maximum atomic E-state index is 11.7. The Labute approximate surface area is 112 Å². The van der Waals surface area contributed by atoms with Gasteiger partial charge in [-0.15, -0.1) is 0 Å². The smallest absolute Gasteiger partial charge is 0.335 e. The first-order valence-electron chi connectivity index (χ1n) is 6.52. The lowest BCUT2D eigenvalue weighted by molar-refractivity contribution is -0.115. The Morgan fingerprint density at radius 2 is 1.79 bits per heavy atom. The van der Waals surface area contributed by atoms with Crippen molar-refractivity contribution in [3.8, 4) is 0 Å². The summed E-state index contributed by atoms with van der Waals surface area (Å²) in [7, 11) is 0. The summed E-state index contributed by atoms with van der Waals surface area (Å²) in [6.45, 7) is 0.297. The third-order valence-corrected chi connectivity index (χ3v) is 3.32. The van der Waals surface area contributed by atoms with Crippen molar-refractivity contribution in [2.75, 3.05) is 11.9 Å². The number of hydrogen-bond acceptors (Lipinski definition) is 3. The van der Waals surface area contributed by atoms with Crippen LogP contribution in [-0.2, 0) is 4.79 Å². The van der Waals surface area contributed by atoms with Gasteiger partial charge in [0.2, 0.25) is 5.91 Å². The van der Waals surface area contributed by atoms with Crippen LogP contribution in [0, 0.1) is 0 Å². The van der Waals surface area contributed by atoms with Crippen LogP contribution in [0.3, 0.4) is 0 Å². The summed E-state index contributed by atoms with van der Waals surface area (Å²) in [5.41, 5.74) is 0.824. The SMILES string of the molecule is O=C(CNC1CCCC1)Nc1ccc(C(=O)O)cc1. The van der Waals surface area contributed by atoms with Gasteiger partial charge in [0.1, 0.15) is 0 Å². The predicted octanol–water partition coefficient (Wildman–Crippen LogP) is 1.86. The zero-order valence-corrected chi connectivity index (χ0v) is 10.7. The lowest BCUT2D eigenvalue weighted by atomic mass is 10.2. The molecule has 0 spiro atoms. The highest BCUT2D eigenvalue weighted by Gasteiger charge is 2.15. The van der Waals surface area contributed by atoms with Gasteiger partial charge in [-0.3, -0.25) is 4.79 Å². The average Bonchev–Trinajstić information content (AvgIpc) is 2.90. The summed E-state index contributed by atoms with van der Waals surface area (Å²) in [6.07, 6.45) is 4.74. The van der Waals surface area contributed by atoms with Crippen molar-refractivity contribution in [3.63, 3.8) is 0 Å². The number of aromatic carboxylic acids is 1. The molecule has 1 aromatic rings. The Morgan fingerprint density at radius 3 is 2.37 bits per heavy atom. The van der Waals surface area contributed by atoms with Crippen molar-refractivity contribution in [2.24, 2.45) is 0 Å². The molecule has 1 aromatic carbocycles. The summed E-state index contributed by atoms with van der Waals surface area (Å²) in [5, 5.41) is 14.7. The minimum atomic E-state index is -0.972. The van der Waals surface area contributed by atoms with Crippen LogP contribution < -0.4 is 10.6 Å². The molecular formula is C14H18N2O3. The topological polar surface area (TPSA) is 78.4 Å². The zero-order valence-electron chi connectivity index (χ0n) is 10.7. The molecule has 3 N–H and O–H groups in total. The van der Waals surface area contributed by atoms with Gasteiger partial charge in [-0.05, 0) is 37.1 Å². The van der Waals surface area contributed by atoms with E-state index in [0.717, 1.165) is 12.8 Å². The normalized spacial score (nSPS) is 15.4. The molecule has 5 heteroatoms. The number of carbonyl (C=O) groups is 2. The summed E-state index contributed by atoms with van der Waals surface area (Å²) < 4.78 is 0. The standard InChI is InChI=1S/C14H18N2O3/c17-13(9-15-11-3-1-2-4-11)16-12-7-5-10(6-8-12)14(18)19/h5-8,11,15H,1-4,9H2,(H,16,17)(H,18,19). The molecule has 19 heavy (non-hydrogen) atoms. The summed E-state index contributed by atoms with van der Waals surface area (Å²) in [5.74, 6) is -1.07. The van der Waals surface area contributed by atoms with Crippen LogP contribution in [0.4, 0.5) is 5.69 Å². The Bertz CT molecular complexity index is 450. The van der Waals surface area contributed by atoms with E-state index in [1.54, 1.807) is 12.1 Å². The molecule has 0 bridgehead atoms. The maximum absolute atomic E-state index is 11.7. The largest absolute Gasteiger partial charge is 0.478 e. The van der Waals surface area contributed by atoms with Crippen LogP contribution in [0.1, 0.15) is 36.0 Å². The molecular weight excluding hydrogens is 244 g/mol. The van der Waals surface area contributed by atoms with Crippen molar-refractivity contribution in [1.82, 2.24) is 5.32 Å². The maximum Gasteiger partial charge on any atom is 0.335 e. The number of rotatable bonds is 5. The van der Waals surface area contributed by atoms with E-state index in [1.165, 1.54) is 25.0 Å². The van der Waals surface area contributed by atoms with E-state index in [-0.39, 0.29) is 11.5 Å². The number of carbonyl (C=O) groups excluding carboxylic acids is 1. The van der Waals surface area contributed by atoms with Gasteiger partial charge in [0.25, 0.3) is 0 Å². The van der Waals surface area contributed by atoms with Crippen molar-refractivity contribution in [1.29, 1.82) is 0 Å². The number of hydrogen-bond donors (Lipinski definition) is 3. The molecule has 0 heterocycles.